The summed E-state index contributed by atoms with van der Waals surface area (Å²) in [5.74, 6) is 5.56. The molecule has 2 aliphatic carbocycles. The molecule has 2 aliphatic heterocycles. The van der Waals surface area contributed by atoms with Crippen LogP contribution in [0.1, 0.15) is 58.9 Å². The minimum atomic E-state index is -0.607. The van der Waals surface area contributed by atoms with Gasteiger partial charge in [0.2, 0.25) is 5.95 Å². The minimum absolute atomic E-state index is 0.200. The topological polar surface area (TPSA) is 120 Å². The average molecular weight is 487 g/mol. The van der Waals surface area contributed by atoms with Gasteiger partial charge in [0, 0.05) is 24.8 Å². The summed E-state index contributed by atoms with van der Waals surface area (Å²) in [6.07, 6.45) is 8.86. The third kappa shape index (κ3) is 4.29. The Morgan fingerprint density at radius 2 is 2.17 bits per heavy atom. The summed E-state index contributed by atoms with van der Waals surface area (Å²) in [5.41, 5.74) is 1.17. The Bertz CT molecular complexity index is 1270. The third-order valence-corrected chi connectivity index (χ3v) is 8.49. The number of nitrogens with one attached hydrogen (secondary N) is 2. The molecule has 10 heteroatoms. The van der Waals surface area contributed by atoms with Gasteiger partial charge in [-0.05, 0) is 75.8 Å². The monoisotopic (exact) mass is 487 g/mol. The molecular weight excluding hydrogens is 453 g/mol. The fourth-order valence-electron chi connectivity index (χ4n) is 6.99. The molecule has 4 heterocycles. The number of ether oxygens (including phenoxy) is 1. The van der Waals surface area contributed by atoms with Crippen molar-refractivity contribution in [2.45, 2.75) is 70.6 Å². The van der Waals surface area contributed by atoms with Crippen molar-refractivity contribution in [2.75, 3.05) is 23.8 Å². The second kappa shape index (κ2) is 8.89. The van der Waals surface area contributed by atoms with E-state index in [1.165, 1.54) is 0 Å². The zero-order valence-electron chi connectivity index (χ0n) is 21.2. The summed E-state index contributed by atoms with van der Waals surface area (Å²) in [5, 5.41) is 28.2. The summed E-state index contributed by atoms with van der Waals surface area (Å²) >= 11 is 0. The normalized spacial score (nSPS) is 33.9. The van der Waals surface area contributed by atoms with Crippen LogP contribution in [0, 0.1) is 29.0 Å². The minimum Gasteiger partial charge on any atom is -0.390 e. The van der Waals surface area contributed by atoms with Crippen molar-refractivity contribution in [1.29, 1.82) is 5.26 Å². The van der Waals surface area contributed by atoms with Gasteiger partial charge < -0.3 is 29.9 Å². The molecule has 6 atom stereocenters. The van der Waals surface area contributed by atoms with E-state index >= 15 is 0 Å². The van der Waals surface area contributed by atoms with Gasteiger partial charge in [-0.25, -0.2) is 5.26 Å². The number of amidine groups is 1. The molecule has 4 aliphatic rings. The van der Waals surface area contributed by atoms with Crippen molar-refractivity contribution in [3.8, 4) is 5.97 Å². The molecule has 2 aromatic heterocycles. The fraction of sp³-hybridized carbons (Fsp3) is 0.615. The van der Waals surface area contributed by atoms with Crippen LogP contribution in [-0.4, -0.2) is 57.2 Å². The predicted octanol–water partition coefficient (Wildman–Crippen LogP) is 3.74. The molecule has 0 amide bonds. The number of rotatable bonds is 4. The highest BCUT2D eigenvalue weighted by Gasteiger charge is 2.45. The highest BCUT2D eigenvalue weighted by Crippen LogP contribution is 2.47. The van der Waals surface area contributed by atoms with Gasteiger partial charge in [-0.1, -0.05) is 12.4 Å². The molecule has 2 aromatic rings. The van der Waals surface area contributed by atoms with Crippen LogP contribution in [0.2, 0.25) is 0 Å². The standard InChI is InChI=1S/C26H34BN7O2/c1-15-8-17-10-18(12-26(3,35)11-17)22(15)30-25-31-23(29-21-9-16(2)27(14-28)33-21)20-4-6-34(24(20)32-25)19-5-7-36-13-19/h4,6,9,15,17-19,22,35H,5,7-8,10-13H2,1-3H3,(H2,29,30,31,32,33)/t15?,17?,18?,19-,22?,26?/m0/s1. The van der Waals surface area contributed by atoms with E-state index in [-0.39, 0.29) is 12.1 Å². The van der Waals surface area contributed by atoms with E-state index in [4.69, 9.17) is 14.7 Å². The number of anilines is 2. The lowest BCUT2D eigenvalue weighted by atomic mass is 9.60. The quantitative estimate of drug-likeness (QED) is 0.562. The van der Waals surface area contributed by atoms with E-state index in [1.807, 2.05) is 26.0 Å². The van der Waals surface area contributed by atoms with Crippen LogP contribution in [0.15, 0.2) is 28.7 Å². The largest absolute Gasteiger partial charge is 0.426 e. The van der Waals surface area contributed by atoms with Crippen molar-refractivity contribution in [1.82, 2.24) is 14.5 Å². The van der Waals surface area contributed by atoms with E-state index in [9.17, 15) is 10.4 Å². The molecule has 3 fully saturated rings. The van der Waals surface area contributed by atoms with Crippen LogP contribution in [-0.2, 0) is 4.74 Å². The maximum absolute atomic E-state index is 10.9. The van der Waals surface area contributed by atoms with Gasteiger partial charge in [-0.3, -0.25) is 0 Å². The van der Waals surface area contributed by atoms with Crippen LogP contribution in [0.3, 0.4) is 0 Å². The van der Waals surface area contributed by atoms with Gasteiger partial charge in [0.15, 0.2) is 0 Å². The molecule has 6 rings (SSSR count). The Balaban J connectivity index is 1.36. The first-order chi connectivity index (χ1) is 17.3. The van der Waals surface area contributed by atoms with Crippen LogP contribution >= 0.6 is 0 Å². The molecule has 9 nitrogen and oxygen atoms in total. The summed E-state index contributed by atoms with van der Waals surface area (Å²) in [6, 6.07) is 2.49. The van der Waals surface area contributed by atoms with Crippen molar-refractivity contribution >= 4 is 35.5 Å². The number of nitrogens with zero attached hydrogens (tertiary/aromatic N) is 5. The van der Waals surface area contributed by atoms with Crippen molar-refractivity contribution in [2.24, 2.45) is 22.7 Å². The van der Waals surface area contributed by atoms with Crippen LogP contribution < -0.4 is 10.6 Å². The number of aliphatic hydroxyl groups is 1. The lowest BCUT2D eigenvalue weighted by Gasteiger charge is -2.49. The van der Waals surface area contributed by atoms with Gasteiger partial charge in [-0.2, -0.15) is 9.97 Å². The second-order valence-corrected chi connectivity index (χ2v) is 11.6. The maximum atomic E-state index is 10.9. The van der Waals surface area contributed by atoms with E-state index in [0.29, 0.717) is 42.0 Å². The molecule has 188 valence electrons. The van der Waals surface area contributed by atoms with Crippen LogP contribution in [0.5, 0.6) is 0 Å². The van der Waals surface area contributed by atoms with E-state index < -0.39 is 12.4 Å². The molecule has 2 bridgehead atoms. The van der Waals surface area contributed by atoms with E-state index in [0.717, 1.165) is 55.2 Å². The molecule has 0 aromatic carbocycles. The highest BCUT2D eigenvalue weighted by atomic mass is 16.5. The summed E-state index contributed by atoms with van der Waals surface area (Å²) in [6.45, 7) is 7.17. The Kier molecular flexibility index (Phi) is 5.80. The summed E-state index contributed by atoms with van der Waals surface area (Å²) < 4.78 is 7.85. The van der Waals surface area contributed by atoms with Gasteiger partial charge in [0.1, 0.15) is 17.3 Å². The molecule has 36 heavy (non-hydrogen) atoms. The van der Waals surface area contributed by atoms with Crippen LogP contribution in [0.4, 0.5) is 11.8 Å². The van der Waals surface area contributed by atoms with Crippen molar-refractivity contribution in [3.63, 3.8) is 0 Å². The van der Waals surface area contributed by atoms with Gasteiger partial charge in [0.05, 0.1) is 23.6 Å². The third-order valence-electron chi connectivity index (χ3n) is 8.49. The molecular formula is C26H34BN7O2. The summed E-state index contributed by atoms with van der Waals surface area (Å²) in [4.78, 5) is 14.4. The Morgan fingerprint density at radius 1 is 1.31 bits per heavy atom. The van der Waals surface area contributed by atoms with E-state index in [2.05, 4.69) is 39.2 Å². The number of aromatic nitrogens is 3. The predicted molar refractivity (Wildman–Crippen MR) is 141 cm³/mol. The number of allylic oxidation sites excluding steroid dienone is 1. The molecule has 0 radical (unpaired) electrons. The Hall–Kier alpha value is -2.90. The molecule has 2 saturated carbocycles. The van der Waals surface area contributed by atoms with Gasteiger partial charge in [0.25, 0.3) is 0 Å². The Morgan fingerprint density at radius 3 is 2.92 bits per heavy atom. The SMILES string of the molecule is CC1=CC(Nc2nc(NC3C(C)CC4CC3CC(C)(O)C4)nc3c2ccn3[C@H]2CCOC2)=NB1C#N. The zero-order valence-corrected chi connectivity index (χ0v) is 21.2. The maximum Gasteiger partial charge on any atom is 0.426 e. The highest BCUT2D eigenvalue weighted by molar-refractivity contribution is 6.75. The molecule has 0 spiro atoms. The first-order valence-corrected chi connectivity index (χ1v) is 13.2. The van der Waals surface area contributed by atoms with E-state index in [1.54, 1.807) is 0 Å². The average Bonchev–Trinajstić information content (AvgIpc) is 3.55. The Labute approximate surface area is 212 Å². The van der Waals surface area contributed by atoms with Crippen molar-refractivity contribution < 1.29 is 9.84 Å². The number of hydrogen-bond acceptors (Lipinski definition) is 8. The lowest BCUT2D eigenvalue weighted by Crippen LogP contribution is -2.50. The van der Waals surface area contributed by atoms with Crippen molar-refractivity contribution in [3.05, 3.63) is 23.8 Å². The molecule has 1 saturated heterocycles. The van der Waals surface area contributed by atoms with Gasteiger partial charge in [-0.15, -0.1) is 0 Å². The fourth-order valence-corrected chi connectivity index (χ4v) is 6.99. The smallest absolute Gasteiger partial charge is 0.390 e. The first kappa shape index (κ1) is 23.5. The van der Waals surface area contributed by atoms with Crippen LogP contribution in [0.25, 0.3) is 11.0 Å². The number of hydrogen-bond donors (Lipinski definition) is 3. The molecule has 5 unspecified atom stereocenters. The first-order valence-electron chi connectivity index (χ1n) is 13.2. The number of fused-ring (bicyclic) bond motifs is 3. The second-order valence-electron chi connectivity index (χ2n) is 11.6. The zero-order chi connectivity index (χ0) is 25.0. The number of nitriles is 1. The van der Waals surface area contributed by atoms with Gasteiger partial charge >= 0.3 is 6.85 Å². The molecule has 3 N–H and O–H groups in total. The summed E-state index contributed by atoms with van der Waals surface area (Å²) in [7, 11) is 0. The lowest BCUT2D eigenvalue weighted by molar-refractivity contribution is -0.0502.